The van der Waals surface area contributed by atoms with E-state index >= 15 is 0 Å². The normalized spacial score (nSPS) is 12.6. The molecule has 0 saturated carbocycles. The summed E-state index contributed by atoms with van der Waals surface area (Å²) in [7, 11) is 1.58. The quantitative estimate of drug-likeness (QED) is 0.917. The summed E-state index contributed by atoms with van der Waals surface area (Å²) in [4.78, 5) is 0. The van der Waals surface area contributed by atoms with Gasteiger partial charge in [0.15, 0.2) is 0 Å². The maximum absolute atomic E-state index is 13.4. The number of methoxy groups -OCH3 is 1. The van der Waals surface area contributed by atoms with Crippen LogP contribution in [0.5, 0.6) is 5.75 Å². The molecule has 0 aliphatic heterocycles. The van der Waals surface area contributed by atoms with Gasteiger partial charge in [0.2, 0.25) is 0 Å². The Morgan fingerprint density at radius 2 is 2.20 bits per heavy atom. The molecule has 84 valence electrons. The molecule has 0 bridgehead atoms. The molecule has 0 saturated heterocycles. The van der Waals surface area contributed by atoms with E-state index in [1.807, 2.05) is 6.92 Å². The molecule has 1 aromatic carbocycles. The van der Waals surface area contributed by atoms with Gasteiger partial charge >= 0.3 is 0 Å². The van der Waals surface area contributed by atoms with Gasteiger partial charge in [-0.05, 0) is 52.5 Å². The second kappa shape index (κ2) is 5.47. The van der Waals surface area contributed by atoms with Crippen LogP contribution < -0.4 is 10.5 Å². The number of benzene rings is 1. The van der Waals surface area contributed by atoms with Gasteiger partial charge in [0.05, 0.1) is 11.6 Å². The van der Waals surface area contributed by atoms with Crippen LogP contribution in [0.25, 0.3) is 0 Å². The van der Waals surface area contributed by atoms with Crippen molar-refractivity contribution in [3.63, 3.8) is 0 Å². The lowest BCUT2D eigenvalue weighted by molar-refractivity contribution is 0.403. The fourth-order valence-electron chi connectivity index (χ4n) is 1.51. The summed E-state index contributed by atoms with van der Waals surface area (Å²) in [6.45, 7) is 2.60. The van der Waals surface area contributed by atoms with Gasteiger partial charge in [-0.15, -0.1) is 0 Å². The summed E-state index contributed by atoms with van der Waals surface area (Å²) in [5.74, 6) is 0.631. The molecule has 0 heterocycles. The van der Waals surface area contributed by atoms with Crippen molar-refractivity contribution in [1.29, 1.82) is 0 Å². The lowest BCUT2D eigenvalue weighted by atomic mass is 9.97. The maximum Gasteiger partial charge on any atom is 0.137 e. The molecule has 0 aliphatic carbocycles. The molecule has 1 unspecified atom stereocenters. The topological polar surface area (TPSA) is 35.2 Å². The third-order valence-corrected chi connectivity index (χ3v) is 3.01. The van der Waals surface area contributed by atoms with Crippen molar-refractivity contribution < 1.29 is 9.13 Å². The highest BCUT2D eigenvalue weighted by molar-refractivity contribution is 9.10. The minimum Gasteiger partial charge on any atom is -0.496 e. The zero-order valence-corrected chi connectivity index (χ0v) is 10.5. The Morgan fingerprint density at radius 1 is 1.53 bits per heavy atom. The summed E-state index contributed by atoms with van der Waals surface area (Å²) in [6, 6.07) is 3.15. The van der Waals surface area contributed by atoms with E-state index in [1.54, 1.807) is 13.2 Å². The second-order valence-corrected chi connectivity index (χ2v) is 4.34. The van der Waals surface area contributed by atoms with Crippen LogP contribution in [0, 0.1) is 5.82 Å². The fraction of sp³-hybridized carbons (Fsp3) is 0.455. The van der Waals surface area contributed by atoms with E-state index in [-0.39, 0.29) is 11.7 Å². The van der Waals surface area contributed by atoms with Gasteiger partial charge in [0.25, 0.3) is 0 Å². The Balaban J connectivity index is 3.09. The monoisotopic (exact) mass is 275 g/mol. The molecule has 4 heteroatoms. The molecule has 0 fully saturated rings. The zero-order valence-electron chi connectivity index (χ0n) is 8.89. The number of rotatable bonds is 4. The minimum absolute atomic E-state index is 0.201. The van der Waals surface area contributed by atoms with Crippen LogP contribution in [0.2, 0.25) is 0 Å². The molecule has 1 atom stereocenters. The summed E-state index contributed by atoms with van der Waals surface area (Å²) < 4.78 is 19.0. The summed E-state index contributed by atoms with van der Waals surface area (Å²) in [5.41, 5.74) is 6.35. The maximum atomic E-state index is 13.4. The van der Waals surface area contributed by atoms with Crippen LogP contribution in [0.15, 0.2) is 16.6 Å². The van der Waals surface area contributed by atoms with Crippen LogP contribution in [0.3, 0.4) is 0 Å². The average Bonchev–Trinajstić information content (AvgIpc) is 2.21. The Bertz CT molecular complexity index is 344. The first-order valence-corrected chi connectivity index (χ1v) is 5.62. The zero-order chi connectivity index (χ0) is 11.4. The Hall–Kier alpha value is -0.610. The van der Waals surface area contributed by atoms with E-state index in [9.17, 15) is 4.39 Å². The van der Waals surface area contributed by atoms with Crippen LogP contribution in [-0.4, -0.2) is 13.7 Å². The number of hydrogen-bond donors (Lipinski definition) is 1. The Kier molecular flexibility index (Phi) is 4.54. The number of nitrogens with two attached hydrogens (primary N) is 1. The fourth-order valence-corrected chi connectivity index (χ4v) is 1.83. The van der Waals surface area contributed by atoms with Gasteiger partial charge in [0, 0.05) is 0 Å². The van der Waals surface area contributed by atoms with Crippen molar-refractivity contribution in [3.8, 4) is 5.75 Å². The SMILES string of the molecule is COc1cc(Br)c(F)cc1C(C)CCN. The molecule has 0 aromatic heterocycles. The summed E-state index contributed by atoms with van der Waals surface area (Å²) in [5, 5.41) is 0. The van der Waals surface area contributed by atoms with E-state index in [2.05, 4.69) is 15.9 Å². The lowest BCUT2D eigenvalue weighted by Crippen LogP contribution is -2.06. The standard InChI is InChI=1S/C11H15BrFNO/c1-7(3-4-14)8-5-10(13)9(12)6-11(8)15-2/h5-7H,3-4,14H2,1-2H3. The van der Waals surface area contributed by atoms with E-state index in [4.69, 9.17) is 10.5 Å². The smallest absolute Gasteiger partial charge is 0.137 e. The molecule has 0 spiro atoms. The Morgan fingerprint density at radius 3 is 2.73 bits per heavy atom. The highest BCUT2D eigenvalue weighted by Gasteiger charge is 2.14. The van der Waals surface area contributed by atoms with Crippen molar-refractivity contribution in [1.82, 2.24) is 0 Å². The highest BCUT2D eigenvalue weighted by Crippen LogP contribution is 2.32. The van der Waals surface area contributed by atoms with E-state index in [1.165, 1.54) is 6.07 Å². The first kappa shape index (κ1) is 12.5. The highest BCUT2D eigenvalue weighted by atomic mass is 79.9. The number of halogens is 2. The van der Waals surface area contributed by atoms with Gasteiger partial charge in [0.1, 0.15) is 11.6 Å². The molecular formula is C11H15BrFNO. The van der Waals surface area contributed by atoms with Crippen molar-refractivity contribution in [2.45, 2.75) is 19.3 Å². The second-order valence-electron chi connectivity index (χ2n) is 3.49. The van der Waals surface area contributed by atoms with Crippen LogP contribution >= 0.6 is 15.9 Å². The predicted molar refractivity (Wildman–Crippen MR) is 62.7 cm³/mol. The van der Waals surface area contributed by atoms with Gasteiger partial charge in [-0.2, -0.15) is 0 Å². The molecule has 0 aliphatic rings. The number of hydrogen-bond acceptors (Lipinski definition) is 2. The molecule has 15 heavy (non-hydrogen) atoms. The third kappa shape index (κ3) is 2.92. The molecule has 0 amide bonds. The summed E-state index contributed by atoms with van der Waals surface area (Å²) in [6.07, 6.45) is 0.817. The molecule has 0 radical (unpaired) electrons. The first-order valence-electron chi connectivity index (χ1n) is 4.83. The van der Waals surface area contributed by atoms with E-state index in [0.717, 1.165) is 12.0 Å². The first-order chi connectivity index (χ1) is 7.10. The largest absolute Gasteiger partial charge is 0.496 e. The molecular weight excluding hydrogens is 261 g/mol. The van der Waals surface area contributed by atoms with Gasteiger partial charge in [-0.25, -0.2) is 4.39 Å². The van der Waals surface area contributed by atoms with Crippen LogP contribution in [0.4, 0.5) is 4.39 Å². The Labute approximate surface area is 97.7 Å². The number of ether oxygens (including phenoxy) is 1. The van der Waals surface area contributed by atoms with Gasteiger partial charge in [-0.1, -0.05) is 6.92 Å². The molecule has 2 N–H and O–H groups in total. The van der Waals surface area contributed by atoms with Gasteiger partial charge < -0.3 is 10.5 Å². The minimum atomic E-state index is -0.269. The lowest BCUT2D eigenvalue weighted by Gasteiger charge is -2.15. The molecule has 1 rings (SSSR count). The van der Waals surface area contributed by atoms with Crippen molar-refractivity contribution in [3.05, 3.63) is 28.0 Å². The predicted octanol–water partition coefficient (Wildman–Crippen LogP) is 3.05. The van der Waals surface area contributed by atoms with Crippen LogP contribution in [0.1, 0.15) is 24.8 Å². The van der Waals surface area contributed by atoms with E-state index < -0.39 is 0 Å². The van der Waals surface area contributed by atoms with Crippen molar-refractivity contribution in [2.24, 2.45) is 5.73 Å². The van der Waals surface area contributed by atoms with Gasteiger partial charge in [-0.3, -0.25) is 0 Å². The van der Waals surface area contributed by atoms with Crippen molar-refractivity contribution >= 4 is 15.9 Å². The molecule has 2 nitrogen and oxygen atoms in total. The summed E-state index contributed by atoms with van der Waals surface area (Å²) >= 11 is 3.13. The average molecular weight is 276 g/mol. The van der Waals surface area contributed by atoms with Crippen molar-refractivity contribution in [2.75, 3.05) is 13.7 Å². The van der Waals surface area contributed by atoms with E-state index in [0.29, 0.717) is 16.8 Å². The third-order valence-electron chi connectivity index (χ3n) is 2.40. The van der Waals surface area contributed by atoms with Crippen LogP contribution in [-0.2, 0) is 0 Å². The molecule has 1 aromatic rings.